The van der Waals surface area contributed by atoms with Crippen molar-refractivity contribution in [2.75, 3.05) is 52.6 Å². The number of aliphatic hydroxyl groups is 1. The molecule has 2 aromatic carbocycles. The molecule has 2 heterocycles. The number of hydrogen-bond acceptors (Lipinski definition) is 7. The Labute approximate surface area is 211 Å². The second kappa shape index (κ2) is 11.9. The van der Waals surface area contributed by atoms with E-state index in [0.29, 0.717) is 56.6 Å². The maximum atomic E-state index is 13.2. The van der Waals surface area contributed by atoms with Crippen molar-refractivity contribution in [3.8, 4) is 11.5 Å². The highest BCUT2D eigenvalue weighted by Crippen LogP contribution is 2.40. The van der Waals surface area contributed by atoms with Gasteiger partial charge in [-0.25, -0.2) is 0 Å². The number of likely N-dealkylation sites (tertiary alicyclic amines) is 1. The van der Waals surface area contributed by atoms with E-state index in [0.717, 1.165) is 18.7 Å². The lowest BCUT2D eigenvalue weighted by molar-refractivity contribution is -0.140. The van der Waals surface area contributed by atoms with Gasteiger partial charge in [0, 0.05) is 31.7 Å². The van der Waals surface area contributed by atoms with Gasteiger partial charge in [0.25, 0.3) is 11.7 Å². The highest BCUT2D eigenvalue weighted by atomic mass is 16.5. The first-order valence-electron chi connectivity index (χ1n) is 12.2. The van der Waals surface area contributed by atoms with Gasteiger partial charge in [0.1, 0.15) is 23.9 Å². The van der Waals surface area contributed by atoms with Crippen LogP contribution in [0.3, 0.4) is 0 Å². The molecule has 1 amide bonds. The van der Waals surface area contributed by atoms with E-state index >= 15 is 0 Å². The van der Waals surface area contributed by atoms with Gasteiger partial charge in [-0.15, -0.1) is 0 Å². The Morgan fingerprint density at radius 2 is 1.67 bits per heavy atom. The van der Waals surface area contributed by atoms with Gasteiger partial charge in [0.2, 0.25) is 0 Å². The lowest BCUT2D eigenvalue weighted by Gasteiger charge is -2.31. The molecule has 0 bridgehead atoms. The molecule has 8 nitrogen and oxygen atoms in total. The van der Waals surface area contributed by atoms with Crippen molar-refractivity contribution in [3.63, 3.8) is 0 Å². The molecule has 8 heteroatoms. The van der Waals surface area contributed by atoms with Crippen LogP contribution in [0.2, 0.25) is 0 Å². The molecule has 2 fully saturated rings. The number of morpholine rings is 1. The fourth-order valence-corrected chi connectivity index (χ4v) is 4.46. The lowest BCUT2D eigenvalue weighted by Crippen LogP contribution is -2.42. The minimum Gasteiger partial charge on any atom is -0.507 e. The predicted molar refractivity (Wildman–Crippen MR) is 136 cm³/mol. The Balaban J connectivity index is 1.69. The Morgan fingerprint density at radius 3 is 2.31 bits per heavy atom. The number of carbonyl (C=O) groups is 2. The lowest BCUT2D eigenvalue weighted by atomic mass is 9.95. The van der Waals surface area contributed by atoms with Gasteiger partial charge in [-0.05, 0) is 48.9 Å². The molecule has 1 N–H and O–H groups in total. The molecule has 190 valence electrons. The first-order valence-corrected chi connectivity index (χ1v) is 12.2. The van der Waals surface area contributed by atoms with Gasteiger partial charge in [-0.3, -0.25) is 14.5 Å². The van der Waals surface area contributed by atoms with E-state index in [2.05, 4.69) is 11.5 Å². The number of benzene rings is 2. The normalized spacial score (nSPS) is 19.9. The monoisotopic (exact) mass is 492 g/mol. The summed E-state index contributed by atoms with van der Waals surface area (Å²) in [6.45, 7) is 10.2. The fraction of sp³-hybridized carbons (Fsp3) is 0.357. The van der Waals surface area contributed by atoms with Gasteiger partial charge >= 0.3 is 0 Å². The van der Waals surface area contributed by atoms with Crippen molar-refractivity contribution in [2.45, 2.75) is 13.0 Å². The van der Waals surface area contributed by atoms with E-state index in [1.165, 1.54) is 0 Å². The largest absolute Gasteiger partial charge is 0.507 e. The third-order valence-electron chi connectivity index (χ3n) is 6.30. The summed E-state index contributed by atoms with van der Waals surface area (Å²) in [5.74, 6) is -0.211. The fourth-order valence-electron chi connectivity index (χ4n) is 4.46. The summed E-state index contributed by atoms with van der Waals surface area (Å²) in [4.78, 5) is 30.2. The minimum atomic E-state index is -0.717. The van der Waals surface area contributed by atoms with Gasteiger partial charge < -0.3 is 24.2 Å². The van der Waals surface area contributed by atoms with E-state index in [-0.39, 0.29) is 11.3 Å². The van der Waals surface area contributed by atoms with E-state index in [1.54, 1.807) is 47.4 Å². The summed E-state index contributed by atoms with van der Waals surface area (Å²) in [7, 11) is 0. The molecule has 2 aliphatic rings. The zero-order valence-electron chi connectivity index (χ0n) is 20.5. The van der Waals surface area contributed by atoms with E-state index < -0.39 is 17.7 Å². The standard InChI is InChI=1S/C28H32N2O6/c1-3-17-36-23-9-5-20(6-10-23)25-24(26(31)21-7-11-22(12-8-21)35-4-2)27(32)28(33)30(25)14-13-29-15-18-34-19-16-29/h3,5-12,25,31H,1,4,13-19H2,2H3/b26-24-. The van der Waals surface area contributed by atoms with E-state index in [4.69, 9.17) is 14.2 Å². The second-order valence-corrected chi connectivity index (χ2v) is 8.57. The third kappa shape index (κ3) is 5.61. The van der Waals surface area contributed by atoms with Crippen molar-refractivity contribution < 1.29 is 28.9 Å². The average Bonchev–Trinajstić information content (AvgIpc) is 3.16. The molecular weight excluding hydrogens is 460 g/mol. The molecule has 1 atom stereocenters. The number of carbonyl (C=O) groups excluding carboxylic acids is 2. The summed E-state index contributed by atoms with van der Waals surface area (Å²) in [6, 6.07) is 13.3. The Kier molecular flexibility index (Phi) is 8.40. The highest BCUT2D eigenvalue weighted by Gasteiger charge is 2.46. The molecule has 2 aromatic rings. The SMILES string of the molecule is C=CCOc1ccc(C2/C(=C(/O)c3ccc(OCC)cc3)C(=O)C(=O)N2CCN2CCOCC2)cc1. The maximum Gasteiger partial charge on any atom is 0.295 e. The highest BCUT2D eigenvalue weighted by molar-refractivity contribution is 6.46. The summed E-state index contributed by atoms with van der Waals surface area (Å²) < 4.78 is 16.5. The number of ether oxygens (including phenoxy) is 3. The number of ketones is 1. The predicted octanol–water partition coefficient (Wildman–Crippen LogP) is 3.40. The number of aliphatic hydroxyl groups excluding tert-OH is 1. The number of amides is 1. The van der Waals surface area contributed by atoms with E-state index in [9.17, 15) is 14.7 Å². The van der Waals surface area contributed by atoms with Crippen LogP contribution in [-0.4, -0.2) is 79.2 Å². The molecular formula is C28H32N2O6. The van der Waals surface area contributed by atoms with Crippen LogP contribution in [0, 0.1) is 0 Å². The zero-order chi connectivity index (χ0) is 25.5. The van der Waals surface area contributed by atoms with Crippen LogP contribution in [0.15, 0.2) is 66.8 Å². The second-order valence-electron chi connectivity index (χ2n) is 8.57. The van der Waals surface area contributed by atoms with Crippen LogP contribution in [0.5, 0.6) is 11.5 Å². The van der Waals surface area contributed by atoms with Crippen molar-refractivity contribution in [1.82, 2.24) is 9.80 Å². The van der Waals surface area contributed by atoms with Crippen LogP contribution >= 0.6 is 0 Å². The first kappa shape index (κ1) is 25.5. The van der Waals surface area contributed by atoms with Gasteiger partial charge in [0.15, 0.2) is 0 Å². The van der Waals surface area contributed by atoms with Gasteiger partial charge in [-0.1, -0.05) is 24.8 Å². The molecule has 0 spiro atoms. The first-order chi connectivity index (χ1) is 17.5. The summed E-state index contributed by atoms with van der Waals surface area (Å²) in [5, 5.41) is 11.2. The molecule has 0 aromatic heterocycles. The number of Topliss-reactive ketones (excluding diaryl/α,β-unsaturated/α-hetero) is 1. The summed E-state index contributed by atoms with van der Waals surface area (Å²) in [5.41, 5.74) is 1.24. The maximum absolute atomic E-state index is 13.2. The summed E-state index contributed by atoms with van der Waals surface area (Å²) >= 11 is 0. The third-order valence-corrected chi connectivity index (χ3v) is 6.30. The molecule has 4 rings (SSSR count). The van der Waals surface area contributed by atoms with E-state index in [1.807, 2.05) is 19.1 Å². The van der Waals surface area contributed by atoms with Crippen molar-refractivity contribution in [3.05, 3.63) is 77.9 Å². The number of hydrogen-bond donors (Lipinski definition) is 1. The van der Waals surface area contributed by atoms with Crippen LogP contribution in [-0.2, 0) is 14.3 Å². The minimum absolute atomic E-state index is 0.0749. The van der Waals surface area contributed by atoms with Crippen LogP contribution in [0.1, 0.15) is 24.1 Å². The van der Waals surface area contributed by atoms with Gasteiger partial charge in [-0.2, -0.15) is 0 Å². The molecule has 0 radical (unpaired) electrons. The van der Waals surface area contributed by atoms with Crippen molar-refractivity contribution in [1.29, 1.82) is 0 Å². The molecule has 0 saturated carbocycles. The molecule has 36 heavy (non-hydrogen) atoms. The van der Waals surface area contributed by atoms with Crippen LogP contribution < -0.4 is 9.47 Å². The Bertz CT molecular complexity index is 1100. The number of rotatable bonds is 10. The molecule has 0 aliphatic carbocycles. The number of nitrogens with zero attached hydrogens (tertiary/aromatic N) is 2. The Morgan fingerprint density at radius 1 is 1.03 bits per heavy atom. The van der Waals surface area contributed by atoms with Gasteiger partial charge in [0.05, 0.1) is 31.4 Å². The zero-order valence-corrected chi connectivity index (χ0v) is 20.5. The topological polar surface area (TPSA) is 88.5 Å². The molecule has 1 unspecified atom stereocenters. The smallest absolute Gasteiger partial charge is 0.295 e. The summed E-state index contributed by atoms with van der Waals surface area (Å²) in [6.07, 6.45) is 1.66. The van der Waals surface area contributed by atoms with Crippen molar-refractivity contribution in [2.24, 2.45) is 0 Å². The van der Waals surface area contributed by atoms with Crippen LogP contribution in [0.25, 0.3) is 5.76 Å². The molecule has 2 saturated heterocycles. The quantitative estimate of drug-likeness (QED) is 0.235. The Hall–Kier alpha value is -3.62. The van der Waals surface area contributed by atoms with Crippen molar-refractivity contribution >= 4 is 17.4 Å². The molecule has 2 aliphatic heterocycles. The van der Waals surface area contributed by atoms with Crippen LogP contribution in [0.4, 0.5) is 0 Å². The average molecular weight is 493 g/mol.